The summed E-state index contributed by atoms with van der Waals surface area (Å²) in [7, 11) is 0. The minimum absolute atomic E-state index is 0.0782. The van der Waals surface area contributed by atoms with Gasteiger partial charge in [-0.2, -0.15) is 5.10 Å². The Balaban J connectivity index is 1.93. The Morgan fingerprint density at radius 2 is 2.15 bits per heavy atom. The minimum Gasteiger partial charge on any atom is -0.354 e. The Hall–Kier alpha value is -1.01. The van der Waals surface area contributed by atoms with Crippen molar-refractivity contribution in [3.63, 3.8) is 0 Å². The number of hydrogen-bond donors (Lipinski definition) is 1. The van der Waals surface area contributed by atoms with E-state index in [1.54, 1.807) is 6.33 Å². The van der Waals surface area contributed by atoms with Crippen molar-refractivity contribution < 1.29 is 0 Å². The maximum absolute atomic E-state index is 4.48. The van der Waals surface area contributed by atoms with Gasteiger partial charge in [0, 0.05) is 0 Å². The molecule has 0 saturated carbocycles. The summed E-state index contributed by atoms with van der Waals surface area (Å²) in [6.45, 7) is 13.1. The van der Waals surface area contributed by atoms with Crippen LogP contribution in [0.4, 0.5) is 5.95 Å². The Kier molecular flexibility index (Phi) is 3.33. The summed E-state index contributed by atoms with van der Waals surface area (Å²) in [6, 6.07) is 0. The highest BCUT2D eigenvalue weighted by molar-refractivity contribution is 6.74. The van der Waals surface area contributed by atoms with Gasteiger partial charge < -0.3 is 14.8 Å². The average molecular weight is 274 g/mol. The zero-order chi connectivity index (χ0) is 14.5. The van der Waals surface area contributed by atoms with E-state index in [2.05, 4.69) is 63.9 Å². The van der Waals surface area contributed by atoms with Gasteiger partial charge in [0.15, 0.2) is 0 Å². The van der Waals surface area contributed by atoms with Crippen LogP contribution in [0.1, 0.15) is 33.6 Å². The Bertz CT molecular complexity index is 490. The fourth-order valence-corrected chi connectivity index (χ4v) is 3.59. The highest BCUT2D eigenvalue weighted by atomic mass is 15.6. The van der Waals surface area contributed by atoms with Crippen molar-refractivity contribution in [3.8, 4) is 0 Å². The largest absolute Gasteiger partial charge is 0.354 e. The zero-order valence-electron chi connectivity index (χ0n) is 13.2. The van der Waals surface area contributed by atoms with E-state index in [1.165, 1.54) is 12.8 Å². The van der Waals surface area contributed by atoms with Gasteiger partial charge in [0.25, 0.3) is 6.98 Å². The normalized spacial score (nSPS) is 25.1. The second-order valence-electron chi connectivity index (χ2n) is 6.50. The number of anilines is 1. The van der Waals surface area contributed by atoms with Gasteiger partial charge in [-0.1, -0.05) is 27.0 Å². The van der Waals surface area contributed by atoms with Crippen LogP contribution in [0.5, 0.6) is 0 Å². The Labute approximate surface area is 122 Å². The molecular weight excluding hydrogens is 250 g/mol. The van der Waals surface area contributed by atoms with Gasteiger partial charge in [-0.3, -0.25) is 0 Å². The van der Waals surface area contributed by atoms with Gasteiger partial charge in [-0.05, 0) is 26.8 Å². The zero-order valence-corrected chi connectivity index (χ0v) is 13.2. The van der Waals surface area contributed by atoms with Crippen LogP contribution in [0.2, 0.25) is 13.6 Å². The molecule has 1 unspecified atom stereocenters. The van der Waals surface area contributed by atoms with Gasteiger partial charge in [-0.15, -0.1) is 0 Å². The topological polar surface area (TPSA) is 49.2 Å². The summed E-state index contributed by atoms with van der Waals surface area (Å²) < 4.78 is 4.57. The quantitative estimate of drug-likeness (QED) is 0.836. The van der Waals surface area contributed by atoms with E-state index >= 15 is 0 Å². The van der Waals surface area contributed by atoms with E-state index in [4.69, 9.17) is 0 Å². The molecule has 0 radical (unpaired) electrons. The Morgan fingerprint density at radius 3 is 2.85 bits per heavy atom. The molecule has 1 saturated heterocycles. The first-order chi connectivity index (χ1) is 9.48. The van der Waals surface area contributed by atoms with Crippen molar-refractivity contribution in [2.24, 2.45) is 0 Å². The Morgan fingerprint density at radius 1 is 1.40 bits per heavy atom. The number of rotatable bonds is 3. The van der Waals surface area contributed by atoms with Crippen molar-refractivity contribution >= 4 is 19.9 Å². The number of nitrogens with one attached hydrogen (secondary N) is 1. The minimum atomic E-state index is -0.0782. The van der Waals surface area contributed by atoms with Crippen molar-refractivity contribution in [2.45, 2.75) is 59.0 Å². The molecule has 1 N–H and O–H groups in total. The highest BCUT2D eigenvalue weighted by Crippen LogP contribution is 2.38. The molecule has 0 spiro atoms. The average Bonchev–Trinajstić information content (AvgIpc) is 2.93. The molecule has 2 aliphatic rings. The molecule has 108 valence electrons. The molecule has 1 atom stereocenters. The molecule has 0 amide bonds. The summed E-state index contributed by atoms with van der Waals surface area (Å²) in [5.41, 5.74) is -0.0782. The van der Waals surface area contributed by atoms with Gasteiger partial charge in [0.05, 0.1) is 11.7 Å². The van der Waals surface area contributed by atoms with Crippen LogP contribution in [0, 0.1) is 0 Å². The highest BCUT2D eigenvalue weighted by Gasteiger charge is 2.54. The smallest absolute Gasteiger partial charge is 0.333 e. The fraction of sp³-hybridized carbons (Fsp3) is 0.833. The number of aromatic nitrogens is 3. The van der Waals surface area contributed by atoms with Crippen LogP contribution < -0.4 is 10.0 Å². The standard InChI is InChI=1S/C12H24B2N6/c1-6-7-8-18-13(4)17-10-12(2,3)20-11(15-9-16-20)19(10)14(18)5/h9-10,17H,6-8H2,1-5H3. The van der Waals surface area contributed by atoms with Crippen molar-refractivity contribution in [1.29, 1.82) is 0 Å². The monoisotopic (exact) mass is 274 g/mol. The first-order valence-corrected chi connectivity index (χ1v) is 7.69. The molecule has 0 aromatic carbocycles. The van der Waals surface area contributed by atoms with Crippen LogP contribution in [0.3, 0.4) is 0 Å². The predicted octanol–water partition coefficient (Wildman–Crippen LogP) is 1.10. The second kappa shape index (κ2) is 4.77. The third-order valence-electron chi connectivity index (χ3n) is 4.80. The van der Waals surface area contributed by atoms with E-state index in [-0.39, 0.29) is 11.7 Å². The number of fused-ring (bicyclic) bond motifs is 3. The molecule has 20 heavy (non-hydrogen) atoms. The summed E-state index contributed by atoms with van der Waals surface area (Å²) in [6.07, 6.45) is 4.36. The summed E-state index contributed by atoms with van der Waals surface area (Å²) in [5, 5.41) is 8.17. The molecule has 3 rings (SSSR count). The number of unbranched alkanes of at least 4 members (excludes halogenated alkanes) is 1. The van der Waals surface area contributed by atoms with Crippen LogP contribution >= 0.6 is 0 Å². The lowest BCUT2D eigenvalue weighted by Crippen LogP contribution is -2.75. The molecule has 1 aromatic rings. The first-order valence-electron chi connectivity index (χ1n) is 7.69. The van der Waals surface area contributed by atoms with Crippen LogP contribution in [0.15, 0.2) is 6.33 Å². The molecular formula is C12H24B2N6. The molecule has 1 aromatic heterocycles. The second-order valence-corrected chi connectivity index (χ2v) is 6.50. The lowest BCUT2D eigenvalue weighted by atomic mass is 9.57. The van der Waals surface area contributed by atoms with Gasteiger partial charge in [0.2, 0.25) is 5.95 Å². The van der Waals surface area contributed by atoms with Crippen molar-refractivity contribution in [1.82, 2.24) is 24.7 Å². The fourth-order valence-electron chi connectivity index (χ4n) is 3.59. The summed E-state index contributed by atoms with van der Waals surface area (Å²) in [5.74, 6) is 0.980. The summed E-state index contributed by atoms with van der Waals surface area (Å²) >= 11 is 0. The lowest BCUT2D eigenvalue weighted by molar-refractivity contribution is 0.280. The first kappa shape index (κ1) is 13.9. The third kappa shape index (κ3) is 1.81. The molecule has 8 heteroatoms. The van der Waals surface area contributed by atoms with Gasteiger partial charge in [0.1, 0.15) is 6.33 Å². The number of nitrogens with zero attached hydrogens (tertiary/aromatic N) is 5. The molecule has 0 bridgehead atoms. The molecule has 6 nitrogen and oxygen atoms in total. The van der Waals surface area contributed by atoms with Crippen LogP contribution in [0.25, 0.3) is 0 Å². The molecule has 2 aliphatic heterocycles. The van der Waals surface area contributed by atoms with Crippen LogP contribution in [-0.2, 0) is 5.54 Å². The third-order valence-corrected chi connectivity index (χ3v) is 4.80. The molecule has 3 heterocycles. The van der Waals surface area contributed by atoms with Crippen LogP contribution in [-0.4, -0.2) is 46.2 Å². The maximum atomic E-state index is 4.48. The van der Waals surface area contributed by atoms with E-state index in [0.29, 0.717) is 14.0 Å². The maximum Gasteiger partial charge on any atom is 0.333 e. The van der Waals surface area contributed by atoms with Crippen molar-refractivity contribution in [3.05, 3.63) is 6.33 Å². The SMILES string of the molecule is CCCCN1B(C)NC2N(B1C)c1ncnn1C2(C)C. The van der Waals surface area contributed by atoms with Crippen molar-refractivity contribution in [2.75, 3.05) is 11.4 Å². The predicted molar refractivity (Wildman–Crippen MR) is 83.6 cm³/mol. The lowest BCUT2D eigenvalue weighted by Gasteiger charge is -2.48. The number of hydrogen-bond acceptors (Lipinski definition) is 5. The molecule has 0 aliphatic carbocycles. The van der Waals surface area contributed by atoms with E-state index in [9.17, 15) is 0 Å². The van der Waals surface area contributed by atoms with E-state index in [1.807, 2.05) is 0 Å². The van der Waals surface area contributed by atoms with E-state index in [0.717, 1.165) is 12.5 Å². The van der Waals surface area contributed by atoms with E-state index < -0.39 is 0 Å². The molecule has 1 fully saturated rings. The summed E-state index contributed by atoms with van der Waals surface area (Å²) in [4.78, 5) is 6.86. The van der Waals surface area contributed by atoms with Gasteiger partial charge in [-0.25, -0.2) is 9.67 Å². The van der Waals surface area contributed by atoms with Gasteiger partial charge >= 0.3 is 6.98 Å².